The molecular weight excluding hydrogens is 699 g/mol. The fourth-order valence-corrected chi connectivity index (χ4v) is 6.75. The van der Waals surface area contributed by atoms with E-state index in [1.54, 1.807) is 43.3 Å². The van der Waals surface area contributed by atoms with Gasteiger partial charge >= 0.3 is 6.09 Å². The summed E-state index contributed by atoms with van der Waals surface area (Å²) in [4.78, 5) is 47.4. The van der Waals surface area contributed by atoms with Crippen LogP contribution in [0, 0.1) is 6.92 Å². The molecule has 0 spiro atoms. The molecule has 54 heavy (non-hydrogen) atoms. The zero-order chi connectivity index (χ0) is 38.6. The third-order valence-electron chi connectivity index (χ3n) is 9.05. The molecule has 0 bridgehead atoms. The van der Waals surface area contributed by atoms with Crippen LogP contribution in [0.4, 0.5) is 10.5 Å². The second-order valence-corrected chi connectivity index (χ2v) is 14.7. The number of carbonyl (C=O) groups is 3. The van der Waals surface area contributed by atoms with Gasteiger partial charge in [0.2, 0.25) is 0 Å². The van der Waals surface area contributed by atoms with Crippen LogP contribution < -0.4 is 15.5 Å². The lowest BCUT2D eigenvalue weighted by Crippen LogP contribution is -2.48. The molecule has 2 unspecified atom stereocenters. The zero-order valence-corrected chi connectivity index (χ0v) is 32.3. The Hall–Kier alpha value is -5.36. The third kappa shape index (κ3) is 11.3. The highest BCUT2D eigenvalue weighted by Gasteiger charge is 2.24. The Kier molecular flexibility index (Phi) is 14.1. The van der Waals surface area contributed by atoms with Crippen LogP contribution in [-0.2, 0) is 30.9 Å². The normalized spacial score (nSPS) is 12.2. The van der Waals surface area contributed by atoms with E-state index in [0.717, 1.165) is 33.0 Å². The summed E-state index contributed by atoms with van der Waals surface area (Å²) < 4.78 is 5.57. The number of benzene rings is 4. The Morgan fingerprint density at radius 2 is 1.54 bits per heavy atom. The maximum Gasteiger partial charge on any atom is 0.414 e. The second kappa shape index (κ2) is 19.1. The average molecular weight is 748 g/mol. The van der Waals surface area contributed by atoms with E-state index in [0.29, 0.717) is 36.3 Å². The van der Waals surface area contributed by atoms with Gasteiger partial charge in [0.1, 0.15) is 11.6 Å². The van der Waals surface area contributed by atoms with Crippen molar-refractivity contribution in [2.24, 2.45) is 0 Å². The van der Waals surface area contributed by atoms with Gasteiger partial charge in [-0.05, 0) is 71.8 Å². The maximum absolute atomic E-state index is 13.6. The van der Waals surface area contributed by atoms with Crippen LogP contribution in [0.5, 0.6) is 0 Å². The fourth-order valence-electron chi connectivity index (χ4n) is 5.92. The van der Waals surface area contributed by atoms with Gasteiger partial charge in [-0.15, -0.1) is 11.3 Å². The topological polar surface area (TPSA) is 124 Å². The van der Waals surface area contributed by atoms with Gasteiger partial charge in [-0.25, -0.2) is 9.78 Å². The summed E-state index contributed by atoms with van der Waals surface area (Å²) in [5.74, 6) is -0.396. The Bertz CT molecular complexity index is 2000. The lowest BCUT2D eigenvalue weighted by molar-refractivity contribution is 0.0784. The first-order valence-electron chi connectivity index (χ1n) is 18.0. The highest BCUT2D eigenvalue weighted by molar-refractivity contribution is 7.09. The molecule has 282 valence electrons. The summed E-state index contributed by atoms with van der Waals surface area (Å²) >= 11 is 1.50. The third-order valence-corrected chi connectivity index (χ3v) is 10.0. The van der Waals surface area contributed by atoms with Gasteiger partial charge in [0.25, 0.3) is 11.8 Å². The summed E-state index contributed by atoms with van der Waals surface area (Å²) in [7, 11) is 3.40. The van der Waals surface area contributed by atoms with Gasteiger partial charge in [-0.3, -0.25) is 14.5 Å². The van der Waals surface area contributed by atoms with Crippen LogP contribution in [0.25, 0.3) is 0 Å². The molecule has 0 aliphatic carbocycles. The van der Waals surface area contributed by atoms with E-state index in [-0.39, 0.29) is 30.9 Å². The smallest absolute Gasteiger partial charge is 0.414 e. The number of carbonyl (C=O) groups excluding carboxylic acids is 3. The Balaban J connectivity index is 1.24. The molecule has 0 aliphatic rings. The van der Waals surface area contributed by atoms with E-state index in [4.69, 9.17) is 4.74 Å². The predicted molar refractivity (Wildman–Crippen MR) is 214 cm³/mol. The summed E-state index contributed by atoms with van der Waals surface area (Å²) in [6, 6.07) is 31.2. The van der Waals surface area contributed by atoms with E-state index in [1.807, 2.05) is 85.1 Å². The molecule has 4 aromatic carbocycles. The van der Waals surface area contributed by atoms with Gasteiger partial charge in [0.15, 0.2) is 0 Å². The van der Waals surface area contributed by atoms with Crippen LogP contribution in [0.1, 0.15) is 73.4 Å². The fraction of sp³-hybridized carbons (Fsp3) is 0.302. The number of nitrogens with zero attached hydrogens (tertiary/aromatic N) is 3. The number of aryl methyl sites for hydroxylation is 1. The number of amides is 3. The molecule has 11 heteroatoms. The Morgan fingerprint density at radius 3 is 2.20 bits per heavy atom. The molecule has 5 aromatic rings. The van der Waals surface area contributed by atoms with Gasteiger partial charge in [-0.2, -0.15) is 0 Å². The van der Waals surface area contributed by atoms with Crippen molar-refractivity contribution < 1.29 is 24.2 Å². The first kappa shape index (κ1) is 39.8. The minimum atomic E-state index is -0.949. The average Bonchev–Trinajstić information content (AvgIpc) is 3.60. The highest BCUT2D eigenvalue weighted by Crippen LogP contribution is 2.25. The number of thiazole rings is 1. The molecule has 1 aromatic heterocycles. The van der Waals surface area contributed by atoms with Gasteiger partial charge in [-0.1, -0.05) is 86.6 Å². The lowest BCUT2D eigenvalue weighted by Gasteiger charge is -2.25. The first-order valence-corrected chi connectivity index (χ1v) is 18.9. The molecule has 10 nitrogen and oxygen atoms in total. The molecule has 3 amide bonds. The van der Waals surface area contributed by atoms with Gasteiger partial charge < -0.3 is 25.4 Å². The quantitative estimate of drug-likeness (QED) is 0.0983. The number of ether oxygens (including phenoxy) is 1. The number of nitrogens with one attached hydrogen (secondary N) is 2. The standard InChI is InChI=1S/C43H49N5O5S/c1-29(2)36-19-33(20-37(23-36)48(5)43(52)53-27-32-15-10-7-11-16-32)24-44-25-39(49)38(21-31-13-8-6-9-14-31)46-41(50)34-17-12-18-35(22-34)42(51)47(4)26-40-45-30(3)28-54-40/h6-20,22-23,28-29,38-39,44,49H,21,24-27H2,1-5H3,(H,46,50). The SMILES string of the molecule is Cc1csc(CN(C)C(=O)c2cccc(C(=O)NC(Cc3ccccc3)C(O)CNCc3cc(C(C)C)cc(N(C)C(=O)OCc4ccccc4)c3)c2)n1. The summed E-state index contributed by atoms with van der Waals surface area (Å²) in [5, 5.41) is 20.7. The molecule has 5 rings (SSSR count). The minimum absolute atomic E-state index is 0.176. The second-order valence-electron chi connectivity index (χ2n) is 13.8. The number of aliphatic hydroxyl groups is 1. The van der Waals surface area contributed by atoms with Crippen molar-refractivity contribution in [3.63, 3.8) is 0 Å². The van der Waals surface area contributed by atoms with Gasteiger partial charge in [0, 0.05) is 55.1 Å². The molecule has 0 radical (unpaired) electrons. The van der Waals surface area contributed by atoms with Crippen molar-refractivity contribution in [1.82, 2.24) is 20.5 Å². The van der Waals surface area contributed by atoms with Crippen LogP contribution >= 0.6 is 11.3 Å². The molecule has 3 N–H and O–H groups in total. The monoisotopic (exact) mass is 747 g/mol. The van der Waals surface area contributed by atoms with E-state index in [9.17, 15) is 19.5 Å². The molecule has 0 fully saturated rings. The van der Waals surface area contributed by atoms with E-state index < -0.39 is 18.2 Å². The van der Waals surface area contributed by atoms with Crippen molar-refractivity contribution >= 4 is 34.9 Å². The van der Waals surface area contributed by atoms with Crippen molar-refractivity contribution in [2.45, 2.75) is 65.0 Å². The first-order chi connectivity index (χ1) is 26.0. The molecule has 0 saturated carbocycles. The number of aromatic nitrogens is 1. The molecule has 0 aliphatic heterocycles. The molecular formula is C43H49N5O5S. The minimum Gasteiger partial charge on any atom is -0.444 e. The van der Waals surface area contributed by atoms with E-state index in [1.165, 1.54) is 16.2 Å². The molecule has 1 heterocycles. The van der Waals surface area contributed by atoms with Crippen molar-refractivity contribution in [2.75, 3.05) is 25.5 Å². The van der Waals surface area contributed by atoms with Crippen LogP contribution in [0.15, 0.2) is 109 Å². The van der Waals surface area contributed by atoms with Crippen molar-refractivity contribution in [1.29, 1.82) is 0 Å². The number of anilines is 1. The largest absolute Gasteiger partial charge is 0.444 e. The number of hydrogen-bond donors (Lipinski definition) is 3. The zero-order valence-electron chi connectivity index (χ0n) is 31.5. The number of aliphatic hydroxyl groups excluding tert-OH is 1. The Morgan fingerprint density at radius 1 is 0.852 bits per heavy atom. The van der Waals surface area contributed by atoms with Crippen LogP contribution in [0.2, 0.25) is 0 Å². The summed E-state index contributed by atoms with van der Waals surface area (Å²) in [6.45, 7) is 7.26. The van der Waals surface area contributed by atoms with Crippen LogP contribution in [0.3, 0.4) is 0 Å². The van der Waals surface area contributed by atoms with Crippen molar-refractivity contribution in [3.05, 3.63) is 153 Å². The number of rotatable bonds is 16. The van der Waals surface area contributed by atoms with Crippen LogP contribution in [-0.4, -0.2) is 65.7 Å². The van der Waals surface area contributed by atoms with E-state index in [2.05, 4.69) is 35.5 Å². The predicted octanol–water partition coefficient (Wildman–Crippen LogP) is 7.11. The number of hydrogen-bond acceptors (Lipinski definition) is 8. The summed E-state index contributed by atoms with van der Waals surface area (Å²) in [6.07, 6.45) is -1.01. The van der Waals surface area contributed by atoms with Gasteiger partial charge in [0.05, 0.1) is 18.7 Å². The summed E-state index contributed by atoms with van der Waals surface area (Å²) in [5.41, 5.74) is 6.19. The molecule has 2 atom stereocenters. The van der Waals surface area contributed by atoms with Crippen molar-refractivity contribution in [3.8, 4) is 0 Å². The highest BCUT2D eigenvalue weighted by atomic mass is 32.1. The van der Waals surface area contributed by atoms with E-state index >= 15 is 0 Å². The molecule has 0 saturated heterocycles. The lowest BCUT2D eigenvalue weighted by atomic mass is 9.99. The Labute approximate surface area is 321 Å². The maximum atomic E-state index is 13.6.